The molecular formula is C15H12F2N4O3. The van der Waals surface area contributed by atoms with Crippen LogP contribution in [-0.2, 0) is 6.42 Å². The zero-order chi connectivity index (χ0) is 17.5. The standard InChI is InChI=1S/C15H12F2N4O3/c16-9-6-10(17)8-11(7-9)20-15(24)21-19-5-3-13-12(14(22)23)2-1-4-18-13/h1-2,4-8H,3H2,(H,22,23)(H2,20,21,24)/b19-5+. The third-order valence-electron chi connectivity index (χ3n) is 2.78. The first-order chi connectivity index (χ1) is 11.5. The van der Waals surface area contributed by atoms with E-state index in [-0.39, 0.29) is 23.4 Å². The van der Waals surface area contributed by atoms with Crippen LogP contribution in [0.2, 0.25) is 0 Å². The lowest BCUT2D eigenvalue weighted by molar-refractivity contribution is 0.0695. The Labute approximate surface area is 135 Å². The number of hydrazone groups is 1. The molecule has 0 saturated carbocycles. The first-order valence-corrected chi connectivity index (χ1v) is 6.67. The Bertz CT molecular complexity index is 776. The van der Waals surface area contributed by atoms with Crippen LogP contribution < -0.4 is 10.7 Å². The third kappa shape index (κ3) is 4.83. The summed E-state index contributed by atoms with van der Waals surface area (Å²) >= 11 is 0. The number of carboxylic acids is 1. The molecular weight excluding hydrogens is 322 g/mol. The highest BCUT2D eigenvalue weighted by Crippen LogP contribution is 2.12. The fourth-order valence-electron chi connectivity index (χ4n) is 1.82. The number of carbonyl (C=O) groups is 2. The highest BCUT2D eigenvalue weighted by molar-refractivity contribution is 5.90. The van der Waals surface area contributed by atoms with Crippen LogP contribution in [0, 0.1) is 11.6 Å². The molecule has 2 amide bonds. The zero-order valence-electron chi connectivity index (χ0n) is 12.2. The lowest BCUT2D eigenvalue weighted by Crippen LogP contribution is -2.24. The second kappa shape index (κ2) is 7.77. The lowest BCUT2D eigenvalue weighted by Gasteiger charge is -2.04. The van der Waals surface area contributed by atoms with Crippen LogP contribution in [0.1, 0.15) is 16.1 Å². The van der Waals surface area contributed by atoms with Crippen molar-refractivity contribution in [2.45, 2.75) is 6.42 Å². The van der Waals surface area contributed by atoms with Gasteiger partial charge in [-0.3, -0.25) is 4.98 Å². The molecule has 3 N–H and O–H groups in total. The highest BCUT2D eigenvalue weighted by atomic mass is 19.1. The van der Waals surface area contributed by atoms with Crippen LogP contribution in [0.4, 0.5) is 19.3 Å². The predicted octanol–water partition coefficient (Wildman–Crippen LogP) is 2.41. The Morgan fingerprint density at radius 2 is 1.96 bits per heavy atom. The zero-order valence-corrected chi connectivity index (χ0v) is 12.2. The summed E-state index contributed by atoms with van der Waals surface area (Å²) in [5.41, 5.74) is 2.33. The molecule has 2 aromatic rings. The van der Waals surface area contributed by atoms with Crippen molar-refractivity contribution >= 4 is 23.9 Å². The average molecular weight is 334 g/mol. The first-order valence-electron chi connectivity index (χ1n) is 6.67. The SMILES string of the molecule is O=C(N/N=C/Cc1ncccc1C(=O)O)Nc1cc(F)cc(F)c1. The molecule has 0 aliphatic carbocycles. The summed E-state index contributed by atoms with van der Waals surface area (Å²) in [5, 5.41) is 14.8. The minimum Gasteiger partial charge on any atom is -0.478 e. The molecule has 0 bridgehead atoms. The maximum atomic E-state index is 13.0. The molecule has 1 aromatic heterocycles. The van der Waals surface area contributed by atoms with E-state index in [0.717, 1.165) is 12.1 Å². The molecule has 1 aromatic carbocycles. The first kappa shape index (κ1) is 17.0. The van der Waals surface area contributed by atoms with Crippen molar-refractivity contribution in [2.75, 3.05) is 5.32 Å². The fourth-order valence-corrected chi connectivity index (χ4v) is 1.82. The van der Waals surface area contributed by atoms with E-state index in [1.165, 1.54) is 24.5 Å². The van der Waals surface area contributed by atoms with Gasteiger partial charge in [0.05, 0.1) is 11.3 Å². The van der Waals surface area contributed by atoms with Gasteiger partial charge in [0.15, 0.2) is 0 Å². The molecule has 124 valence electrons. The highest BCUT2D eigenvalue weighted by Gasteiger charge is 2.09. The summed E-state index contributed by atoms with van der Waals surface area (Å²) in [4.78, 5) is 26.4. The minimum absolute atomic E-state index is 0.0311. The quantitative estimate of drug-likeness (QED) is 0.577. The number of hydrogen-bond donors (Lipinski definition) is 3. The van der Waals surface area contributed by atoms with E-state index < -0.39 is 23.6 Å². The Kier molecular flexibility index (Phi) is 5.50. The summed E-state index contributed by atoms with van der Waals surface area (Å²) in [7, 11) is 0. The molecule has 0 atom stereocenters. The number of nitrogens with one attached hydrogen (secondary N) is 2. The third-order valence-corrected chi connectivity index (χ3v) is 2.78. The number of aromatic carboxylic acids is 1. The van der Waals surface area contributed by atoms with Crippen LogP contribution in [0.5, 0.6) is 0 Å². The number of carboxylic acid groups (broad SMARTS) is 1. The maximum Gasteiger partial charge on any atom is 0.339 e. The molecule has 0 unspecified atom stereocenters. The molecule has 1 heterocycles. The van der Waals surface area contributed by atoms with Gasteiger partial charge >= 0.3 is 12.0 Å². The number of anilines is 1. The van der Waals surface area contributed by atoms with Crippen molar-refractivity contribution < 1.29 is 23.5 Å². The molecule has 0 spiro atoms. The van der Waals surface area contributed by atoms with Gasteiger partial charge in [-0.2, -0.15) is 5.10 Å². The predicted molar refractivity (Wildman–Crippen MR) is 81.9 cm³/mol. The lowest BCUT2D eigenvalue weighted by atomic mass is 10.1. The van der Waals surface area contributed by atoms with Crippen molar-refractivity contribution in [2.24, 2.45) is 5.10 Å². The van der Waals surface area contributed by atoms with Gasteiger partial charge in [-0.05, 0) is 24.3 Å². The normalized spacial score (nSPS) is 10.6. The summed E-state index contributed by atoms with van der Waals surface area (Å²) in [5.74, 6) is -2.78. The van der Waals surface area contributed by atoms with Crippen LogP contribution in [0.3, 0.4) is 0 Å². The molecule has 0 aliphatic heterocycles. The van der Waals surface area contributed by atoms with E-state index in [4.69, 9.17) is 5.11 Å². The van der Waals surface area contributed by atoms with Gasteiger partial charge in [0, 0.05) is 30.6 Å². The maximum absolute atomic E-state index is 13.0. The van der Waals surface area contributed by atoms with Gasteiger partial charge in [0.2, 0.25) is 0 Å². The topological polar surface area (TPSA) is 104 Å². The van der Waals surface area contributed by atoms with Gasteiger partial charge < -0.3 is 10.4 Å². The van der Waals surface area contributed by atoms with Crippen molar-refractivity contribution in [1.29, 1.82) is 0 Å². The van der Waals surface area contributed by atoms with E-state index in [9.17, 15) is 18.4 Å². The summed E-state index contributed by atoms with van der Waals surface area (Å²) in [6, 6.07) is 4.65. The molecule has 24 heavy (non-hydrogen) atoms. The molecule has 0 saturated heterocycles. The number of nitrogens with zero attached hydrogens (tertiary/aromatic N) is 2. The van der Waals surface area contributed by atoms with Gasteiger partial charge in [-0.25, -0.2) is 23.8 Å². The van der Waals surface area contributed by atoms with Gasteiger partial charge in [-0.1, -0.05) is 0 Å². The van der Waals surface area contributed by atoms with Crippen LogP contribution in [-0.4, -0.2) is 28.3 Å². The summed E-state index contributed by atoms with van der Waals surface area (Å²) < 4.78 is 26.0. The largest absolute Gasteiger partial charge is 0.478 e. The second-order valence-electron chi connectivity index (χ2n) is 4.54. The van der Waals surface area contributed by atoms with Crippen molar-refractivity contribution in [3.63, 3.8) is 0 Å². The van der Waals surface area contributed by atoms with Crippen LogP contribution in [0.25, 0.3) is 0 Å². The van der Waals surface area contributed by atoms with Crippen molar-refractivity contribution in [3.05, 3.63) is 59.4 Å². The number of halogens is 2. The van der Waals surface area contributed by atoms with E-state index >= 15 is 0 Å². The van der Waals surface area contributed by atoms with Crippen LogP contribution in [0.15, 0.2) is 41.6 Å². The number of rotatable bonds is 5. The molecule has 2 rings (SSSR count). The monoisotopic (exact) mass is 334 g/mol. The molecule has 9 heteroatoms. The fraction of sp³-hybridized carbons (Fsp3) is 0.0667. The van der Waals surface area contributed by atoms with Crippen LogP contribution >= 0.6 is 0 Å². The number of carbonyl (C=O) groups excluding carboxylic acids is 1. The van der Waals surface area contributed by atoms with Gasteiger partial charge in [0.25, 0.3) is 0 Å². The molecule has 0 aliphatic rings. The Morgan fingerprint density at radius 1 is 1.25 bits per heavy atom. The Morgan fingerprint density at radius 3 is 2.62 bits per heavy atom. The molecule has 0 fully saturated rings. The number of aromatic nitrogens is 1. The summed E-state index contributed by atoms with van der Waals surface area (Å²) in [6.45, 7) is 0. The molecule has 7 nitrogen and oxygen atoms in total. The Hall–Kier alpha value is -3.36. The van der Waals surface area contributed by atoms with Crippen molar-refractivity contribution in [3.8, 4) is 0 Å². The minimum atomic E-state index is -1.12. The number of hydrogen-bond acceptors (Lipinski definition) is 4. The van der Waals surface area contributed by atoms with Gasteiger partial charge in [0.1, 0.15) is 11.6 Å². The Balaban J connectivity index is 1.90. The van der Waals surface area contributed by atoms with E-state index in [2.05, 4.69) is 20.8 Å². The van der Waals surface area contributed by atoms with E-state index in [1.807, 2.05) is 0 Å². The number of amides is 2. The number of benzene rings is 1. The average Bonchev–Trinajstić information content (AvgIpc) is 2.50. The smallest absolute Gasteiger partial charge is 0.339 e. The van der Waals surface area contributed by atoms with E-state index in [0.29, 0.717) is 6.07 Å². The number of urea groups is 1. The molecule has 0 radical (unpaired) electrons. The second-order valence-corrected chi connectivity index (χ2v) is 4.54. The van der Waals surface area contributed by atoms with E-state index in [1.54, 1.807) is 0 Å². The summed E-state index contributed by atoms with van der Waals surface area (Å²) in [6.07, 6.45) is 2.77. The number of pyridine rings is 1. The van der Waals surface area contributed by atoms with Gasteiger partial charge in [-0.15, -0.1) is 0 Å². The van der Waals surface area contributed by atoms with Crippen molar-refractivity contribution in [1.82, 2.24) is 10.4 Å².